The van der Waals surface area contributed by atoms with Crippen LogP contribution in [0.3, 0.4) is 0 Å². The van der Waals surface area contributed by atoms with E-state index in [1.54, 1.807) is 0 Å². The van der Waals surface area contributed by atoms with E-state index >= 15 is 0 Å². The molecule has 0 radical (unpaired) electrons. The zero-order chi connectivity index (χ0) is 13.7. The molecule has 0 bridgehead atoms. The highest BCUT2D eigenvalue weighted by atomic mass is 16.1. The summed E-state index contributed by atoms with van der Waals surface area (Å²) in [6.45, 7) is 5.43. The number of rotatable bonds is 5. The topological polar surface area (TPSA) is 41.1 Å². The zero-order valence-corrected chi connectivity index (χ0v) is 12.6. The molecule has 2 fully saturated rings. The fourth-order valence-corrected chi connectivity index (χ4v) is 3.65. The molecule has 1 aliphatic heterocycles. The molecule has 1 heterocycles. The Balaban J connectivity index is 1.81. The lowest BCUT2D eigenvalue weighted by Crippen LogP contribution is -2.53. The van der Waals surface area contributed by atoms with Crippen LogP contribution in [-0.2, 0) is 4.79 Å². The van der Waals surface area contributed by atoms with Gasteiger partial charge in [-0.15, -0.1) is 0 Å². The molecule has 2 rings (SSSR count). The fourth-order valence-electron chi connectivity index (χ4n) is 3.65. The second-order valence-corrected chi connectivity index (χ2v) is 6.49. The Morgan fingerprint density at radius 1 is 1.26 bits per heavy atom. The maximum absolute atomic E-state index is 12.4. The summed E-state index contributed by atoms with van der Waals surface area (Å²) in [6.07, 6.45) is 9.80. The van der Waals surface area contributed by atoms with E-state index in [1.165, 1.54) is 32.1 Å². The first kappa shape index (κ1) is 14.8. The third-order valence-electron chi connectivity index (χ3n) is 5.05. The lowest BCUT2D eigenvalue weighted by atomic mass is 9.90. The van der Waals surface area contributed by atoms with Crippen molar-refractivity contribution < 1.29 is 4.79 Å². The van der Waals surface area contributed by atoms with Crippen LogP contribution in [0.4, 0.5) is 0 Å². The van der Waals surface area contributed by atoms with Crippen molar-refractivity contribution >= 4 is 5.91 Å². The van der Waals surface area contributed by atoms with Crippen molar-refractivity contribution in [3.05, 3.63) is 0 Å². The van der Waals surface area contributed by atoms with Gasteiger partial charge in [0.05, 0.1) is 0 Å². The van der Waals surface area contributed by atoms with E-state index in [1.807, 2.05) is 0 Å². The van der Waals surface area contributed by atoms with Gasteiger partial charge in [0.2, 0.25) is 5.91 Å². The van der Waals surface area contributed by atoms with Crippen molar-refractivity contribution in [1.82, 2.24) is 10.6 Å². The molecule has 0 aromatic rings. The molecule has 1 aliphatic carbocycles. The molecule has 0 aromatic carbocycles. The molecule has 0 aromatic heterocycles. The third-order valence-corrected chi connectivity index (χ3v) is 5.05. The van der Waals surface area contributed by atoms with Gasteiger partial charge in [0, 0.05) is 18.0 Å². The van der Waals surface area contributed by atoms with E-state index in [0.717, 1.165) is 31.7 Å². The predicted octanol–water partition coefficient (Wildman–Crippen LogP) is 2.85. The van der Waals surface area contributed by atoms with Gasteiger partial charge in [-0.25, -0.2) is 0 Å². The molecule has 2 aliphatic rings. The van der Waals surface area contributed by atoms with E-state index < -0.39 is 0 Å². The Morgan fingerprint density at radius 3 is 2.63 bits per heavy atom. The SMILES string of the molecule is CCC(CC1CCCC1)C(=O)NC1CCCNC1C. The van der Waals surface area contributed by atoms with Gasteiger partial charge < -0.3 is 10.6 Å². The average Bonchev–Trinajstić information content (AvgIpc) is 2.91. The van der Waals surface area contributed by atoms with E-state index in [-0.39, 0.29) is 5.92 Å². The minimum Gasteiger partial charge on any atom is -0.352 e. The first-order chi connectivity index (χ1) is 9.20. The van der Waals surface area contributed by atoms with Crippen molar-refractivity contribution in [1.29, 1.82) is 0 Å². The molecule has 3 unspecified atom stereocenters. The van der Waals surface area contributed by atoms with Gasteiger partial charge in [0.15, 0.2) is 0 Å². The normalized spacial score (nSPS) is 30.2. The molecular formula is C16H30N2O. The molecular weight excluding hydrogens is 236 g/mol. The molecule has 2 N–H and O–H groups in total. The summed E-state index contributed by atoms with van der Waals surface area (Å²) in [5, 5.41) is 6.74. The summed E-state index contributed by atoms with van der Waals surface area (Å²) in [6, 6.07) is 0.751. The largest absolute Gasteiger partial charge is 0.352 e. The van der Waals surface area contributed by atoms with Crippen LogP contribution in [-0.4, -0.2) is 24.5 Å². The number of carbonyl (C=O) groups is 1. The second-order valence-electron chi connectivity index (χ2n) is 6.49. The lowest BCUT2D eigenvalue weighted by Gasteiger charge is -2.32. The van der Waals surface area contributed by atoms with E-state index in [2.05, 4.69) is 24.5 Å². The summed E-state index contributed by atoms with van der Waals surface area (Å²) < 4.78 is 0. The van der Waals surface area contributed by atoms with Crippen molar-refractivity contribution in [2.24, 2.45) is 11.8 Å². The summed E-state index contributed by atoms with van der Waals surface area (Å²) in [4.78, 5) is 12.4. The van der Waals surface area contributed by atoms with Crippen molar-refractivity contribution in [3.63, 3.8) is 0 Å². The molecule has 1 saturated carbocycles. The van der Waals surface area contributed by atoms with Crippen LogP contribution in [0, 0.1) is 11.8 Å². The molecule has 110 valence electrons. The van der Waals surface area contributed by atoms with E-state index in [0.29, 0.717) is 18.0 Å². The first-order valence-electron chi connectivity index (χ1n) is 8.24. The third kappa shape index (κ3) is 4.20. The smallest absolute Gasteiger partial charge is 0.223 e. The fraction of sp³-hybridized carbons (Fsp3) is 0.938. The summed E-state index contributed by atoms with van der Waals surface area (Å²) in [7, 11) is 0. The van der Waals surface area contributed by atoms with E-state index in [4.69, 9.17) is 0 Å². The highest BCUT2D eigenvalue weighted by Gasteiger charge is 2.27. The van der Waals surface area contributed by atoms with Crippen molar-refractivity contribution in [2.45, 2.75) is 77.3 Å². The maximum Gasteiger partial charge on any atom is 0.223 e. The Morgan fingerprint density at radius 2 is 2.00 bits per heavy atom. The quantitative estimate of drug-likeness (QED) is 0.803. The van der Waals surface area contributed by atoms with Gasteiger partial charge in [-0.2, -0.15) is 0 Å². The highest BCUT2D eigenvalue weighted by Crippen LogP contribution is 2.31. The van der Waals surface area contributed by atoms with E-state index in [9.17, 15) is 4.79 Å². The minimum atomic E-state index is 0.234. The number of nitrogens with one attached hydrogen (secondary N) is 2. The summed E-state index contributed by atoms with van der Waals surface area (Å²) >= 11 is 0. The Kier molecular flexibility index (Phi) is 5.68. The van der Waals surface area contributed by atoms with Crippen LogP contribution in [0.15, 0.2) is 0 Å². The van der Waals surface area contributed by atoms with Gasteiger partial charge in [-0.05, 0) is 45.1 Å². The summed E-state index contributed by atoms with van der Waals surface area (Å²) in [5.74, 6) is 1.34. The first-order valence-corrected chi connectivity index (χ1v) is 8.24. The summed E-state index contributed by atoms with van der Waals surface area (Å²) in [5.41, 5.74) is 0. The molecule has 3 atom stereocenters. The van der Waals surface area contributed by atoms with Gasteiger partial charge in [0.25, 0.3) is 0 Å². The molecule has 19 heavy (non-hydrogen) atoms. The van der Waals surface area contributed by atoms with Crippen LogP contribution in [0.25, 0.3) is 0 Å². The second kappa shape index (κ2) is 7.28. The standard InChI is InChI=1S/C16H30N2O/c1-3-14(11-13-7-4-5-8-13)16(19)18-15-9-6-10-17-12(15)2/h12-15,17H,3-11H2,1-2H3,(H,18,19). The number of amides is 1. The number of carbonyl (C=O) groups excluding carboxylic acids is 1. The van der Waals surface area contributed by atoms with Crippen LogP contribution >= 0.6 is 0 Å². The van der Waals surface area contributed by atoms with Gasteiger partial charge in [0.1, 0.15) is 0 Å². The van der Waals surface area contributed by atoms with Crippen LogP contribution < -0.4 is 10.6 Å². The molecule has 3 nitrogen and oxygen atoms in total. The Hall–Kier alpha value is -0.570. The molecule has 1 amide bonds. The lowest BCUT2D eigenvalue weighted by molar-refractivity contribution is -0.126. The highest BCUT2D eigenvalue weighted by molar-refractivity contribution is 5.79. The van der Waals surface area contributed by atoms with Crippen LogP contribution in [0.5, 0.6) is 0 Å². The van der Waals surface area contributed by atoms with Gasteiger partial charge in [-0.3, -0.25) is 4.79 Å². The number of hydrogen-bond acceptors (Lipinski definition) is 2. The Bertz CT molecular complexity index is 286. The van der Waals surface area contributed by atoms with Crippen molar-refractivity contribution in [3.8, 4) is 0 Å². The Labute approximate surface area is 117 Å². The minimum absolute atomic E-state index is 0.234. The molecule has 3 heteroatoms. The monoisotopic (exact) mass is 266 g/mol. The number of piperidine rings is 1. The van der Waals surface area contributed by atoms with Gasteiger partial charge >= 0.3 is 0 Å². The molecule has 0 spiro atoms. The average molecular weight is 266 g/mol. The predicted molar refractivity (Wildman–Crippen MR) is 79.0 cm³/mol. The number of hydrogen-bond donors (Lipinski definition) is 2. The van der Waals surface area contributed by atoms with Crippen LogP contribution in [0.1, 0.15) is 65.2 Å². The maximum atomic E-state index is 12.4. The van der Waals surface area contributed by atoms with Crippen molar-refractivity contribution in [2.75, 3.05) is 6.54 Å². The van der Waals surface area contributed by atoms with Gasteiger partial charge in [-0.1, -0.05) is 32.6 Å². The van der Waals surface area contributed by atoms with Crippen LogP contribution in [0.2, 0.25) is 0 Å². The molecule has 1 saturated heterocycles. The zero-order valence-electron chi connectivity index (χ0n) is 12.6.